The zero-order valence-corrected chi connectivity index (χ0v) is 19.3. The summed E-state index contributed by atoms with van der Waals surface area (Å²) in [5.74, 6) is 0.367. The van der Waals surface area contributed by atoms with Crippen LogP contribution >= 0.6 is 0 Å². The lowest BCUT2D eigenvalue weighted by atomic mass is 9.82. The van der Waals surface area contributed by atoms with Crippen LogP contribution in [-0.2, 0) is 9.53 Å². The molecule has 1 atom stereocenters. The molecule has 8 heteroatoms. The maximum absolute atomic E-state index is 13.1. The Morgan fingerprint density at radius 2 is 2.00 bits per heavy atom. The van der Waals surface area contributed by atoms with E-state index in [0.717, 1.165) is 23.4 Å². The first-order valence-corrected chi connectivity index (χ1v) is 11.0. The van der Waals surface area contributed by atoms with Crippen LogP contribution in [0.25, 0.3) is 11.3 Å². The van der Waals surface area contributed by atoms with Gasteiger partial charge < -0.3 is 20.7 Å². The number of nitrogens with zero attached hydrogens (tertiary/aromatic N) is 4. The molecule has 2 aromatic heterocycles. The fourth-order valence-electron chi connectivity index (χ4n) is 4.82. The van der Waals surface area contributed by atoms with Crippen LogP contribution < -0.4 is 11.1 Å². The molecule has 0 saturated carbocycles. The van der Waals surface area contributed by atoms with Gasteiger partial charge in [-0.3, -0.25) is 4.79 Å². The summed E-state index contributed by atoms with van der Waals surface area (Å²) in [5.41, 5.74) is 8.95. The molecule has 0 aliphatic carbocycles. The Labute approximate surface area is 189 Å². The highest BCUT2D eigenvalue weighted by molar-refractivity contribution is 5.79. The Morgan fingerprint density at radius 3 is 2.72 bits per heavy atom. The number of ether oxygens (including phenoxy) is 1. The molecule has 2 aliphatic rings. The molecule has 32 heavy (non-hydrogen) atoms. The molecular formula is C24H32N6O2. The van der Waals surface area contributed by atoms with Crippen molar-refractivity contribution in [3.8, 4) is 11.3 Å². The largest absolute Gasteiger partial charge is 0.368 e. The first-order valence-electron chi connectivity index (χ1n) is 11.0. The molecule has 2 aliphatic heterocycles. The molecular weight excluding hydrogens is 404 g/mol. The van der Waals surface area contributed by atoms with Crippen LogP contribution in [-0.4, -0.2) is 56.5 Å². The molecule has 1 fully saturated rings. The van der Waals surface area contributed by atoms with E-state index in [2.05, 4.69) is 49.1 Å². The average molecular weight is 437 g/mol. The molecule has 0 spiro atoms. The number of nitrogens with one attached hydrogen (secondary N) is 1. The molecule has 3 N–H and O–H groups in total. The minimum Gasteiger partial charge on any atom is -0.368 e. The second-order valence-electron chi connectivity index (χ2n) is 9.86. The molecule has 1 saturated heterocycles. The van der Waals surface area contributed by atoms with E-state index in [4.69, 9.17) is 15.5 Å². The summed E-state index contributed by atoms with van der Waals surface area (Å²) in [4.78, 5) is 27.9. The molecule has 1 amide bonds. The van der Waals surface area contributed by atoms with Crippen molar-refractivity contribution in [2.24, 2.45) is 0 Å². The molecule has 4 heterocycles. The lowest BCUT2D eigenvalue weighted by molar-refractivity contribution is -0.138. The topological polar surface area (TPSA) is 106 Å². The highest BCUT2D eigenvalue weighted by atomic mass is 16.5. The number of carbonyl (C=O) groups excluding carboxylic acids is 1. The summed E-state index contributed by atoms with van der Waals surface area (Å²) in [5, 5.41) is 3.62. The Kier molecular flexibility index (Phi) is 6.01. The van der Waals surface area contributed by atoms with Crippen molar-refractivity contribution in [3.63, 3.8) is 0 Å². The fourth-order valence-corrected chi connectivity index (χ4v) is 4.82. The highest BCUT2D eigenvalue weighted by Crippen LogP contribution is 2.30. The Hall–Kier alpha value is -2.84. The van der Waals surface area contributed by atoms with E-state index < -0.39 is 0 Å². The van der Waals surface area contributed by atoms with Crippen LogP contribution in [0.4, 0.5) is 5.95 Å². The number of carbonyl (C=O) groups is 1. The number of nitrogens with two attached hydrogens (primary N) is 1. The molecule has 8 nitrogen and oxygen atoms in total. The molecule has 0 bridgehead atoms. The van der Waals surface area contributed by atoms with Gasteiger partial charge in [0.05, 0.1) is 24.5 Å². The number of anilines is 1. The normalized spacial score (nSPS) is 22.3. The maximum Gasteiger partial charge on any atom is 0.226 e. The van der Waals surface area contributed by atoms with Crippen molar-refractivity contribution in [3.05, 3.63) is 47.9 Å². The monoisotopic (exact) mass is 436 g/mol. The summed E-state index contributed by atoms with van der Waals surface area (Å²) in [6.07, 6.45) is 6.55. The quantitative estimate of drug-likeness (QED) is 0.710. The number of aromatic nitrogens is 3. The van der Waals surface area contributed by atoms with E-state index in [1.807, 2.05) is 23.1 Å². The zero-order valence-electron chi connectivity index (χ0n) is 19.3. The Bertz CT molecular complexity index is 1020. The molecule has 0 radical (unpaired) electrons. The second kappa shape index (κ2) is 8.60. The van der Waals surface area contributed by atoms with Gasteiger partial charge in [0.1, 0.15) is 6.10 Å². The van der Waals surface area contributed by atoms with Gasteiger partial charge in [0, 0.05) is 42.0 Å². The van der Waals surface area contributed by atoms with E-state index in [1.165, 1.54) is 5.57 Å². The lowest BCUT2D eigenvalue weighted by Crippen LogP contribution is -2.54. The van der Waals surface area contributed by atoms with Crippen LogP contribution in [0.1, 0.15) is 52.3 Å². The lowest BCUT2D eigenvalue weighted by Gasteiger charge is -2.41. The number of rotatable bonds is 4. The third-order valence-corrected chi connectivity index (χ3v) is 5.76. The van der Waals surface area contributed by atoms with E-state index in [-0.39, 0.29) is 29.0 Å². The predicted octanol–water partition coefficient (Wildman–Crippen LogP) is 2.89. The van der Waals surface area contributed by atoms with E-state index in [1.54, 1.807) is 12.4 Å². The number of pyridine rings is 1. The molecule has 170 valence electrons. The van der Waals surface area contributed by atoms with Gasteiger partial charge in [0.25, 0.3) is 0 Å². The number of nitrogen functional groups attached to an aromatic ring is 1. The maximum atomic E-state index is 13.1. The van der Waals surface area contributed by atoms with Gasteiger partial charge in [-0.05, 0) is 46.2 Å². The van der Waals surface area contributed by atoms with E-state index in [9.17, 15) is 4.79 Å². The molecule has 4 rings (SSSR count). The van der Waals surface area contributed by atoms with Gasteiger partial charge in [0.2, 0.25) is 11.9 Å². The molecule has 0 unspecified atom stereocenters. The third kappa shape index (κ3) is 5.31. The minimum atomic E-state index is -0.266. The summed E-state index contributed by atoms with van der Waals surface area (Å²) in [6, 6.07) is 5.76. The van der Waals surface area contributed by atoms with Crippen LogP contribution in [0.3, 0.4) is 0 Å². The summed E-state index contributed by atoms with van der Waals surface area (Å²) < 4.78 is 5.98. The minimum absolute atomic E-state index is 0.0302. The van der Waals surface area contributed by atoms with Crippen molar-refractivity contribution in [2.45, 2.75) is 57.7 Å². The summed E-state index contributed by atoms with van der Waals surface area (Å²) >= 11 is 0. The first-order chi connectivity index (χ1) is 15.1. The number of hydrogen-bond acceptors (Lipinski definition) is 7. The SMILES string of the molecule is CC1(C)C=C(CC(=O)N2CCO[C@H](c3cccc(-c4cnc(N)nc4)n3)C2)CC(C)(C)N1. The number of morpholine rings is 1. The van der Waals surface area contributed by atoms with Crippen LogP contribution in [0.15, 0.2) is 42.2 Å². The van der Waals surface area contributed by atoms with Crippen LogP contribution in [0.5, 0.6) is 0 Å². The number of amides is 1. The van der Waals surface area contributed by atoms with Gasteiger partial charge in [-0.15, -0.1) is 0 Å². The smallest absolute Gasteiger partial charge is 0.226 e. The van der Waals surface area contributed by atoms with Crippen molar-refractivity contribution < 1.29 is 9.53 Å². The van der Waals surface area contributed by atoms with Gasteiger partial charge in [-0.1, -0.05) is 17.7 Å². The average Bonchev–Trinajstić information content (AvgIpc) is 2.72. The van der Waals surface area contributed by atoms with Gasteiger partial charge in [-0.25, -0.2) is 15.0 Å². The van der Waals surface area contributed by atoms with Gasteiger partial charge in [-0.2, -0.15) is 0 Å². The molecule has 0 aromatic carbocycles. The van der Waals surface area contributed by atoms with Gasteiger partial charge >= 0.3 is 0 Å². The van der Waals surface area contributed by atoms with Crippen molar-refractivity contribution in [1.82, 2.24) is 25.2 Å². The summed E-state index contributed by atoms with van der Waals surface area (Å²) in [6.45, 7) is 10.2. The van der Waals surface area contributed by atoms with Gasteiger partial charge in [0.15, 0.2) is 0 Å². The van der Waals surface area contributed by atoms with Crippen LogP contribution in [0.2, 0.25) is 0 Å². The highest BCUT2D eigenvalue weighted by Gasteiger charge is 2.34. The third-order valence-electron chi connectivity index (χ3n) is 5.76. The Balaban J connectivity index is 1.46. The van der Waals surface area contributed by atoms with Crippen molar-refractivity contribution >= 4 is 11.9 Å². The van der Waals surface area contributed by atoms with Crippen molar-refractivity contribution in [2.75, 3.05) is 25.4 Å². The van der Waals surface area contributed by atoms with E-state index >= 15 is 0 Å². The number of hydrogen-bond donors (Lipinski definition) is 2. The van der Waals surface area contributed by atoms with Crippen LogP contribution in [0, 0.1) is 0 Å². The fraction of sp³-hybridized carbons (Fsp3) is 0.500. The summed E-state index contributed by atoms with van der Waals surface area (Å²) in [7, 11) is 0. The second-order valence-corrected chi connectivity index (χ2v) is 9.86. The van der Waals surface area contributed by atoms with Crippen molar-refractivity contribution in [1.29, 1.82) is 0 Å². The zero-order chi connectivity index (χ0) is 22.9. The predicted molar refractivity (Wildman–Crippen MR) is 124 cm³/mol. The standard InChI is InChI=1S/C24H32N6O2/c1-23(2)11-16(12-24(3,4)29-23)10-21(31)30-8-9-32-20(15-30)19-7-5-6-18(28-19)17-13-26-22(25)27-14-17/h5-7,11,13-14,20,29H,8-10,12,15H2,1-4H3,(H2,25,26,27)/t20-/m0/s1. The Morgan fingerprint density at radius 1 is 1.25 bits per heavy atom. The van der Waals surface area contributed by atoms with E-state index in [0.29, 0.717) is 26.1 Å². The first kappa shape index (κ1) is 22.4. The molecule has 2 aromatic rings.